The zero-order valence-corrected chi connectivity index (χ0v) is 14.4. The van der Waals surface area contributed by atoms with Crippen LogP contribution >= 0.6 is 0 Å². The Kier molecular flexibility index (Phi) is 7.59. The predicted octanol–water partition coefficient (Wildman–Crippen LogP) is 3.75. The third-order valence-corrected chi connectivity index (χ3v) is 3.99. The number of methoxy groups -OCH3 is 1. The first-order valence-corrected chi connectivity index (χ1v) is 8.07. The summed E-state index contributed by atoms with van der Waals surface area (Å²) in [6, 6.07) is 6.66. The SMILES string of the molecule is CCCCOC(=O)C(CC)(CC)C(=O)Oc1ccc(OC)cc1. The van der Waals surface area contributed by atoms with Crippen molar-refractivity contribution < 1.29 is 23.8 Å². The Morgan fingerprint density at radius 1 is 0.957 bits per heavy atom. The summed E-state index contributed by atoms with van der Waals surface area (Å²) in [4.78, 5) is 25.0. The number of esters is 2. The van der Waals surface area contributed by atoms with Gasteiger partial charge >= 0.3 is 11.9 Å². The highest BCUT2D eigenvalue weighted by Crippen LogP contribution is 2.31. The number of hydrogen-bond donors (Lipinski definition) is 0. The van der Waals surface area contributed by atoms with Crippen LogP contribution in [0.2, 0.25) is 0 Å². The smallest absolute Gasteiger partial charge is 0.328 e. The minimum absolute atomic E-state index is 0.326. The van der Waals surface area contributed by atoms with Crippen LogP contribution in [0.3, 0.4) is 0 Å². The highest BCUT2D eigenvalue weighted by atomic mass is 16.6. The molecule has 0 aromatic heterocycles. The van der Waals surface area contributed by atoms with Crippen molar-refractivity contribution in [1.29, 1.82) is 0 Å². The summed E-state index contributed by atoms with van der Waals surface area (Å²) in [5, 5.41) is 0. The average molecular weight is 322 g/mol. The van der Waals surface area contributed by atoms with Gasteiger partial charge in [-0.3, -0.25) is 9.59 Å². The van der Waals surface area contributed by atoms with Gasteiger partial charge in [-0.15, -0.1) is 0 Å². The molecule has 0 spiro atoms. The van der Waals surface area contributed by atoms with Gasteiger partial charge in [0.2, 0.25) is 0 Å². The molecular weight excluding hydrogens is 296 g/mol. The second kappa shape index (κ2) is 9.18. The lowest BCUT2D eigenvalue weighted by molar-refractivity contribution is -0.168. The standard InChI is InChI=1S/C18H26O5/c1-5-8-13-22-16(19)18(6-2,7-3)17(20)23-15-11-9-14(21-4)10-12-15/h9-12H,5-8,13H2,1-4H3. The summed E-state index contributed by atoms with van der Waals surface area (Å²) in [5.41, 5.74) is -1.26. The average Bonchev–Trinajstić information content (AvgIpc) is 2.57. The Balaban J connectivity index is 2.85. The molecule has 0 unspecified atom stereocenters. The second-order valence-corrected chi connectivity index (χ2v) is 5.34. The molecule has 0 saturated heterocycles. The number of benzene rings is 1. The molecule has 0 aliphatic carbocycles. The Morgan fingerprint density at radius 2 is 1.52 bits per heavy atom. The number of ether oxygens (including phenoxy) is 3. The summed E-state index contributed by atoms with van der Waals surface area (Å²) in [6.45, 7) is 5.92. The van der Waals surface area contributed by atoms with E-state index in [2.05, 4.69) is 0 Å². The molecule has 0 bridgehead atoms. The van der Waals surface area contributed by atoms with Crippen LogP contribution in [0.15, 0.2) is 24.3 Å². The number of hydrogen-bond acceptors (Lipinski definition) is 5. The summed E-state index contributed by atoms with van der Waals surface area (Å²) >= 11 is 0. The molecule has 128 valence electrons. The van der Waals surface area contributed by atoms with Gasteiger partial charge < -0.3 is 14.2 Å². The van der Waals surface area contributed by atoms with E-state index in [0.29, 0.717) is 30.9 Å². The molecule has 0 radical (unpaired) electrons. The monoisotopic (exact) mass is 322 g/mol. The molecule has 5 heteroatoms. The normalized spacial score (nSPS) is 11.0. The largest absolute Gasteiger partial charge is 0.497 e. The highest BCUT2D eigenvalue weighted by Gasteiger charge is 2.46. The van der Waals surface area contributed by atoms with E-state index in [1.165, 1.54) is 0 Å². The van der Waals surface area contributed by atoms with Gasteiger partial charge in [-0.05, 0) is 43.5 Å². The van der Waals surface area contributed by atoms with Crippen LogP contribution in [0.4, 0.5) is 0 Å². The van der Waals surface area contributed by atoms with Crippen molar-refractivity contribution in [2.24, 2.45) is 5.41 Å². The quantitative estimate of drug-likeness (QED) is 0.300. The van der Waals surface area contributed by atoms with Crippen LogP contribution in [0.1, 0.15) is 46.5 Å². The number of unbranched alkanes of at least 4 members (excludes halogenated alkanes) is 1. The van der Waals surface area contributed by atoms with Gasteiger partial charge in [-0.1, -0.05) is 27.2 Å². The molecule has 1 rings (SSSR count). The van der Waals surface area contributed by atoms with Gasteiger partial charge in [0.25, 0.3) is 0 Å². The fraction of sp³-hybridized carbons (Fsp3) is 0.556. The van der Waals surface area contributed by atoms with Crippen LogP contribution < -0.4 is 9.47 Å². The van der Waals surface area contributed by atoms with Gasteiger partial charge in [0, 0.05) is 0 Å². The summed E-state index contributed by atoms with van der Waals surface area (Å²) in [5.74, 6) is -0.0342. The predicted molar refractivity (Wildman–Crippen MR) is 87.5 cm³/mol. The lowest BCUT2D eigenvalue weighted by Crippen LogP contribution is -2.42. The van der Waals surface area contributed by atoms with Crippen LogP contribution in [0.5, 0.6) is 11.5 Å². The first-order chi connectivity index (χ1) is 11.0. The number of carbonyl (C=O) groups is 2. The van der Waals surface area contributed by atoms with Crippen LogP contribution in [0, 0.1) is 5.41 Å². The van der Waals surface area contributed by atoms with E-state index in [4.69, 9.17) is 14.2 Å². The van der Waals surface area contributed by atoms with Crippen molar-refractivity contribution in [3.05, 3.63) is 24.3 Å². The fourth-order valence-electron chi connectivity index (χ4n) is 2.21. The molecule has 23 heavy (non-hydrogen) atoms. The third kappa shape index (κ3) is 4.71. The first kappa shape index (κ1) is 19.0. The van der Waals surface area contributed by atoms with E-state index in [1.54, 1.807) is 45.2 Å². The Hall–Kier alpha value is -2.04. The molecule has 0 amide bonds. The van der Waals surface area contributed by atoms with Crippen molar-refractivity contribution in [3.63, 3.8) is 0 Å². The molecule has 1 aromatic rings. The molecule has 0 fully saturated rings. The minimum Gasteiger partial charge on any atom is -0.497 e. The highest BCUT2D eigenvalue weighted by molar-refractivity contribution is 6.00. The van der Waals surface area contributed by atoms with Gasteiger partial charge in [-0.2, -0.15) is 0 Å². The summed E-state index contributed by atoms with van der Waals surface area (Å²) in [7, 11) is 1.56. The molecule has 0 aliphatic heterocycles. The van der Waals surface area contributed by atoms with Crippen LogP contribution in [0.25, 0.3) is 0 Å². The lowest BCUT2D eigenvalue weighted by atomic mass is 9.82. The van der Waals surface area contributed by atoms with E-state index >= 15 is 0 Å². The summed E-state index contributed by atoms with van der Waals surface area (Å²) in [6.07, 6.45) is 2.38. The molecule has 0 atom stereocenters. The van der Waals surface area contributed by atoms with E-state index in [-0.39, 0.29) is 0 Å². The number of carbonyl (C=O) groups excluding carboxylic acids is 2. The van der Waals surface area contributed by atoms with Crippen molar-refractivity contribution >= 4 is 11.9 Å². The van der Waals surface area contributed by atoms with E-state index < -0.39 is 17.4 Å². The zero-order valence-electron chi connectivity index (χ0n) is 14.4. The van der Waals surface area contributed by atoms with Gasteiger partial charge in [-0.25, -0.2) is 0 Å². The second-order valence-electron chi connectivity index (χ2n) is 5.34. The zero-order chi connectivity index (χ0) is 17.3. The molecule has 0 heterocycles. The van der Waals surface area contributed by atoms with E-state index in [0.717, 1.165) is 12.8 Å². The van der Waals surface area contributed by atoms with E-state index in [9.17, 15) is 9.59 Å². The van der Waals surface area contributed by atoms with Crippen molar-refractivity contribution in [3.8, 4) is 11.5 Å². The summed E-state index contributed by atoms with van der Waals surface area (Å²) < 4.78 is 15.7. The van der Waals surface area contributed by atoms with Gasteiger partial charge in [0.15, 0.2) is 5.41 Å². The van der Waals surface area contributed by atoms with Crippen molar-refractivity contribution in [1.82, 2.24) is 0 Å². The van der Waals surface area contributed by atoms with Crippen molar-refractivity contribution in [2.45, 2.75) is 46.5 Å². The van der Waals surface area contributed by atoms with Crippen LogP contribution in [-0.2, 0) is 14.3 Å². The van der Waals surface area contributed by atoms with E-state index in [1.807, 2.05) is 6.92 Å². The number of rotatable bonds is 9. The maximum Gasteiger partial charge on any atom is 0.328 e. The molecule has 0 saturated carbocycles. The first-order valence-electron chi connectivity index (χ1n) is 8.07. The Bertz CT molecular complexity index is 503. The fourth-order valence-corrected chi connectivity index (χ4v) is 2.21. The van der Waals surface area contributed by atoms with Crippen LogP contribution in [-0.4, -0.2) is 25.7 Å². The lowest BCUT2D eigenvalue weighted by Gasteiger charge is -2.26. The maximum absolute atomic E-state index is 12.6. The molecule has 5 nitrogen and oxygen atoms in total. The Labute approximate surface area is 137 Å². The molecule has 0 N–H and O–H groups in total. The van der Waals surface area contributed by atoms with Gasteiger partial charge in [0.1, 0.15) is 11.5 Å². The molecule has 1 aromatic carbocycles. The third-order valence-electron chi connectivity index (χ3n) is 3.99. The minimum atomic E-state index is -1.26. The molecule has 0 aliphatic rings. The Morgan fingerprint density at radius 3 is 2.00 bits per heavy atom. The topological polar surface area (TPSA) is 61.8 Å². The van der Waals surface area contributed by atoms with Crippen molar-refractivity contribution in [2.75, 3.05) is 13.7 Å². The van der Waals surface area contributed by atoms with Gasteiger partial charge in [0.05, 0.1) is 13.7 Å². The molecular formula is C18H26O5. The maximum atomic E-state index is 12.6.